The number of rotatable bonds is 7. The average molecular weight is 714 g/mol. The molecule has 0 spiro atoms. The number of aryl methyl sites for hydroxylation is 2. The number of ether oxygens (including phenoxy) is 2. The molecule has 3 heterocycles. The van der Waals surface area contributed by atoms with Crippen LogP contribution in [0.1, 0.15) is 49.4 Å². The number of sulfonamides is 1. The second-order valence-corrected chi connectivity index (χ2v) is 14.8. The molecule has 2 aliphatic rings. The number of nitrogens with one attached hydrogen (secondary N) is 1. The van der Waals surface area contributed by atoms with Crippen LogP contribution in [0.15, 0.2) is 36.0 Å². The highest BCUT2D eigenvalue weighted by molar-refractivity contribution is 7.90. The lowest BCUT2D eigenvalue weighted by Gasteiger charge is -2.29. The minimum Gasteiger partial charge on any atom is -0.443 e. The molecule has 17 heteroatoms. The molecule has 3 aromatic rings. The van der Waals surface area contributed by atoms with Crippen molar-refractivity contribution >= 4 is 55.9 Å². The van der Waals surface area contributed by atoms with E-state index in [9.17, 15) is 36.3 Å². The van der Waals surface area contributed by atoms with E-state index in [1.54, 1.807) is 52.8 Å². The summed E-state index contributed by atoms with van der Waals surface area (Å²) >= 11 is 6.19. The number of carbonyl (C=O) groups is 2. The predicted octanol–water partition coefficient (Wildman–Crippen LogP) is 4.65. The third-order valence-electron chi connectivity index (χ3n) is 7.83. The smallest absolute Gasteiger partial charge is 0.443 e. The number of morpholine rings is 1. The molecule has 1 atom stereocenters. The van der Waals surface area contributed by atoms with Crippen LogP contribution < -0.4 is 10.2 Å². The van der Waals surface area contributed by atoms with Gasteiger partial charge in [0.15, 0.2) is 5.82 Å². The molecule has 1 aromatic heterocycles. The summed E-state index contributed by atoms with van der Waals surface area (Å²) in [6, 6.07) is 8.24. The first kappa shape index (κ1) is 35.4. The summed E-state index contributed by atoms with van der Waals surface area (Å²) in [5, 5.41) is 14.0. The maximum Gasteiger partial charge on any atom is 0.516 e. The second kappa shape index (κ2) is 12.9. The van der Waals surface area contributed by atoms with E-state index in [4.69, 9.17) is 21.1 Å². The number of nitrogens with zero attached hydrogens (tertiary/aromatic N) is 4. The molecule has 0 saturated carbocycles. The van der Waals surface area contributed by atoms with E-state index < -0.39 is 57.2 Å². The largest absolute Gasteiger partial charge is 0.516 e. The van der Waals surface area contributed by atoms with Crippen LogP contribution in [0.4, 0.5) is 23.7 Å². The van der Waals surface area contributed by atoms with Crippen LogP contribution in [-0.4, -0.2) is 89.9 Å². The van der Waals surface area contributed by atoms with Crippen LogP contribution >= 0.6 is 11.6 Å². The molecule has 1 unspecified atom stereocenters. The first-order chi connectivity index (χ1) is 22.3. The van der Waals surface area contributed by atoms with Crippen LogP contribution in [0.2, 0.25) is 5.02 Å². The number of benzene rings is 2. The van der Waals surface area contributed by atoms with E-state index in [-0.39, 0.29) is 27.6 Å². The maximum atomic E-state index is 13.8. The lowest BCUT2D eigenvalue weighted by molar-refractivity contribution is -0.121. The van der Waals surface area contributed by atoms with Gasteiger partial charge < -0.3 is 24.8 Å². The minimum atomic E-state index is -6.17. The Morgan fingerprint density at radius 3 is 2.40 bits per heavy atom. The van der Waals surface area contributed by atoms with Crippen molar-refractivity contribution in [3.63, 3.8) is 0 Å². The summed E-state index contributed by atoms with van der Waals surface area (Å²) < 4.78 is 78.2. The lowest BCUT2D eigenvalue weighted by Crippen LogP contribution is -2.43. The van der Waals surface area contributed by atoms with Gasteiger partial charge in [0.05, 0.1) is 36.9 Å². The fourth-order valence-corrected chi connectivity index (χ4v) is 6.44. The van der Waals surface area contributed by atoms with Gasteiger partial charge >= 0.3 is 21.6 Å². The molecule has 0 aliphatic carbocycles. The Bertz CT molecular complexity index is 1920. The van der Waals surface area contributed by atoms with E-state index in [1.807, 2.05) is 11.0 Å². The highest BCUT2D eigenvalue weighted by Gasteiger charge is 2.55. The van der Waals surface area contributed by atoms with E-state index >= 15 is 0 Å². The van der Waals surface area contributed by atoms with Gasteiger partial charge in [0.25, 0.3) is 5.91 Å². The number of alkyl halides is 3. The molecule has 1 fully saturated rings. The molecule has 1 saturated heterocycles. The Labute approximate surface area is 280 Å². The molecule has 0 radical (unpaired) electrons. The van der Waals surface area contributed by atoms with E-state index in [2.05, 4.69) is 10.3 Å². The highest BCUT2D eigenvalue weighted by atomic mass is 35.5. The van der Waals surface area contributed by atoms with Crippen LogP contribution in [-0.2, 0) is 24.3 Å². The molecule has 48 heavy (non-hydrogen) atoms. The summed E-state index contributed by atoms with van der Waals surface area (Å²) in [6.45, 7) is 8.91. The Hall–Kier alpha value is -3.86. The molecular formula is C31H35ClF3N5O7S. The van der Waals surface area contributed by atoms with Gasteiger partial charge in [-0.2, -0.15) is 21.6 Å². The summed E-state index contributed by atoms with van der Waals surface area (Å²) in [4.78, 5) is 34.2. The van der Waals surface area contributed by atoms with E-state index in [1.165, 1.54) is 6.07 Å². The van der Waals surface area contributed by atoms with Crippen LogP contribution in [0.3, 0.4) is 0 Å². The first-order valence-electron chi connectivity index (χ1n) is 14.9. The van der Waals surface area contributed by atoms with Crippen LogP contribution in [0.5, 0.6) is 0 Å². The van der Waals surface area contributed by atoms with Crippen molar-refractivity contribution in [2.45, 2.75) is 51.8 Å². The maximum absolute atomic E-state index is 13.8. The fourth-order valence-electron chi connectivity index (χ4n) is 5.39. The van der Waals surface area contributed by atoms with Crippen molar-refractivity contribution in [3.05, 3.63) is 63.6 Å². The number of anilines is 1. The molecule has 5 rings (SSSR count). The standard InChI is InChI=1S/C31H35ClF3N5O7S/c1-17-6-7-19(13-21(17)32)24(41)15-36-22-16-39(48(44,45)31(33,34)35)28(42)25(22)27-37-26-18(2)12-20(38-8-10-46-11-9-38)14-23(26)40(27)29(43)47-30(3,4)5/h6-7,12-14,24,36,41H,8-11,15-16H2,1-5H3. The second-order valence-electron chi connectivity index (χ2n) is 12.5. The third-order valence-corrected chi connectivity index (χ3v) is 9.69. The quantitative estimate of drug-likeness (QED) is 0.355. The summed E-state index contributed by atoms with van der Waals surface area (Å²) in [7, 11) is -6.17. The van der Waals surface area contributed by atoms with Gasteiger partial charge in [-0.1, -0.05) is 23.7 Å². The van der Waals surface area contributed by atoms with Gasteiger partial charge in [-0.25, -0.2) is 18.7 Å². The highest BCUT2D eigenvalue weighted by Crippen LogP contribution is 2.38. The van der Waals surface area contributed by atoms with Crippen molar-refractivity contribution in [2.24, 2.45) is 0 Å². The fraction of sp³-hybridized carbons (Fsp3) is 0.452. The Balaban J connectivity index is 1.68. The number of imidazole rings is 1. The number of carbonyl (C=O) groups excluding carboxylic acids is 2. The number of fused-ring (bicyclic) bond motifs is 1. The topological polar surface area (TPSA) is 143 Å². The molecule has 0 bridgehead atoms. The summed E-state index contributed by atoms with van der Waals surface area (Å²) in [5.74, 6) is -1.99. The molecule has 12 nitrogen and oxygen atoms in total. The van der Waals surface area contributed by atoms with Crippen molar-refractivity contribution in [1.82, 2.24) is 19.2 Å². The predicted molar refractivity (Wildman–Crippen MR) is 172 cm³/mol. The normalized spacial score (nSPS) is 17.0. The van der Waals surface area contributed by atoms with Crippen molar-refractivity contribution in [2.75, 3.05) is 44.3 Å². The number of hydrogen-bond acceptors (Lipinski definition) is 10. The number of amides is 1. The van der Waals surface area contributed by atoms with E-state index in [0.717, 1.165) is 10.1 Å². The minimum absolute atomic E-state index is 0.187. The Morgan fingerprint density at radius 2 is 1.79 bits per heavy atom. The zero-order valence-electron chi connectivity index (χ0n) is 26.8. The van der Waals surface area contributed by atoms with E-state index in [0.29, 0.717) is 48.1 Å². The molecule has 2 aliphatic heterocycles. The van der Waals surface area contributed by atoms with Crippen molar-refractivity contribution in [1.29, 1.82) is 0 Å². The number of aromatic nitrogens is 2. The summed E-state index contributed by atoms with van der Waals surface area (Å²) in [6.07, 6.45) is -2.27. The third kappa shape index (κ3) is 6.84. The first-order valence-corrected chi connectivity index (χ1v) is 16.8. The Kier molecular flexibility index (Phi) is 9.51. The Morgan fingerprint density at radius 1 is 1.12 bits per heavy atom. The number of halogens is 4. The van der Waals surface area contributed by atoms with Gasteiger partial charge in [0.1, 0.15) is 11.2 Å². The van der Waals surface area contributed by atoms with Crippen molar-refractivity contribution < 1.29 is 45.8 Å². The van der Waals surface area contributed by atoms with Crippen LogP contribution in [0, 0.1) is 13.8 Å². The molecule has 260 valence electrons. The van der Waals surface area contributed by atoms with Crippen molar-refractivity contribution in [3.8, 4) is 0 Å². The van der Waals surface area contributed by atoms with Gasteiger partial charge in [-0.3, -0.25) is 4.79 Å². The van der Waals surface area contributed by atoms with Gasteiger partial charge in [-0.05, 0) is 69.5 Å². The average Bonchev–Trinajstić information content (AvgIpc) is 3.54. The van der Waals surface area contributed by atoms with Gasteiger partial charge in [0, 0.05) is 36.0 Å². The molecule has 1 amide bonds. The monoisotopic (exact) mass is 713 g/mol. The number of aliphatic hydroxyl groups is 1. The lowest BCUT2D eigenvalue weighted by atomic mass is 10.1. The number of hydrogen-bond donors (Lipinski definition) is 2. The van der Waals surface area contributed by atoms with Gasteiger partial charge in [0.2, 0.25) is 0 Å². The van der Waals surface area contributed by atoms with Crippen LogP contribution in [0.25, 0.3) is 16.6 Å². The number of aliphatic hydroxyl groups excluding tert-OH is 1. The van der Waals surface area contributed by atoms with Gasteiger partial charge in [-0.15, -0.1) is 0 Å². The molecule has 2 N–H and O–H groups in total. The molecular weight excluding hydrogens is 679 g/mol. The zero-order valence-corrected chi connectivity index (χ0v) is 28.4. The summed E-state index contributed by atoms with van der Waals surface area (Å²) in [5.41, 5.74) is -4.97. The molecule has 2 aromatic carbocycles. The zero-order chi connectivity index (χ0) is 35.3. The SMILES string of the molecule is Cc1ccc(C(O)CNC2=C(c3nc4c(C)cc(N5CCOCC5)cc4n3C(=O)OC(C)(C)C)C(=O)N(S(=O)(=O)C(F)(F)F)C2)cc1Cl.